The van der Waals surface area contributed by atoms with Gasteiger partial charge < -0.3 is 5.73 Å². The summed E-state index contributed by atoms with van der Waals surface area (Å²) >= 11 is 0. The van der Waals surface area contributed by atoms with Crippen molar-refractivity contribution in [2.75, 3.05) is 5.73 Å². The fourth-order valence-electron chi connectivity index (χ4n) is 2.01. The first kappa shape index (κ1) is 12.1. The number of anilines is 1. The number of nitrogens with two attached hydrogens (primary N) is 1. The van der Waals surface area contributed by atoms with Gasteiger partial charge in [-0.3, -0.25) is 4.40 Å². The Kier molecular flexibility index (Phi) is 2.61. The van der Waals surface area contributed by atoms with E-state index >= 15 is 0 Å². The van der Waals surface area contributed by atoms with Crippen LogP contribution in [0.4, 0.5) is 14.6 Å². The molecule has 0 saturated carbocycles. The lowest BCUT2D eigenvalue weighted by atomic mass is 10.1. The van der Waals surface area contributed by atoms with Crippen LogP contribution in [0.25, 0.3) is 16.9 Å². The van der Waals surface area contributed by atoms with Crippen molar-refractivity contribution in [3.63, 3.8) is 0 Å². The van der Waals surface area contributed by atoms with Gasteiger partial charge in [0.2, 0.25) is 0 Å². The van der Waals surface area contributed by atoms with Crippen molar-refractivity contribution >= 4 is 11.5 Å². The Labute approximate surface area is 112 Å². The van der Waals surface area contributed by atoms with Crippen LogP contribution in [0, 0.1) is 23.0 Å². The summed E-state index contributed by atoms with van der Waals surface area (Å²) in [5, 5.41) is 8.84. The molecule has 0 bridgehead atoms. The van der Waals surface area contributed by atoms with E-state index in [0.717, 1.165) is 0 Å². The first-order valence-electron chi connectivity index (χ1n) is 5.73. The molecule has 0 aliphatic heterocycles. The number of aromatic nitrogens is 2. The Hall–Kier alpha value is -2.94. The molecule has 0 spiro atoms. The third-order valence-electron chi connectivity index (χ3n) is 2.98. The molecule has 98 valence electrons. The van der Waals surface area contributed by atoms with E-state index in [1.807, 2.05) is 0 Å². The maximum atomic E-state index is 13.3. The summed E-state index contributed by atoms with van der Waals surface area (Å²) in [7, 11) is 0. The van der Waals surface area contributed by atoms with Crippen molar-refractivity contribution in [3.8, 4) is 17.3 Å². The third-order valence-corrected chi connectivity index (χ3v) is 2.98. The minimum atomic E-state index is -0.607. The standard InChI is InChI=1S/C14H8F2N4/c15-10-2-4-12-19-13(14(18)20(12)7-10)8-1-3-11(16)9(5-8)6-17/h1-5,7H,18H2. The maximum Gasteiger partial charge on any atom is 0.140 e. The molecule has 0 atom stereocenters. The molecule has 6 heteroatoms. The largest absolute Gasteiger partial charge is 0.383 e. The fourth-order valence-corrected chi connectivity index (χ4v) is 2.01. The van der Waals surface area contributed by atoms with Crippen LogP contribution in [0.15, 0.2) is 36.5 Å². The van der Waals surface area contributed by atoms with E-state index in [1.54, 1.807) is 6.07 Å². The molecule has 0 aliphatic carbocycles. The van der Waals surface area contributed by atoms with Crippen molar-refractivity contribution in [1.82, 2.24) is 9.38 Å². The lowest BCUT2D eigenvalue weighted by molar-refractivity contribution is 0.619. The molecule has 1 aromatic carbocycles. The topological polar surface area (TPSA) is 67.1 Å². The average molecular weight is 270 g/mol. The van der Waals surface area contributed by atoms with Crippen LogP contribution >= 0.6 is 0 Å². The first-order chi connectivity index (χ1) is 9.60. The first-order valence-corrected chi connectivity index (χ1v) is 5.73. The molecule has 2 N–H and O–H groups in total. The van der Waals surface area contributed by atoms with Gasteiger partial charge in [0.15, 0.2) is 0 Å². The Bertz CT molecular complexity index is 861. The van der Waals surface area contributed by atoms with Gasteiger partial charge in [0.05, 0.1) is 5.56 Å². The molecule has 0 saturated heterocycles. The molecule has 3 rings (SSSR count). The van der Waals surface area contributed by atoms with Crippen LogP contribution in [0.5, 0.6) is 0 Å². The van der Waals surface area contributed by atoms with Gasteiger partial charge in [-0.05, 0) is 30.3 Å². The van der Waals surface area contributed by atoms with E-state index in [9.17, 15) is 8.78 Å². The molecule has 0 fully saturated rings. The zero-order chi connectivity index (χ0) is 14.3. The zero-order valence-corrected chi connectivity index (χ0v) is 10.1. The van der Waals surface area contributed by atoms with Gasteiger partial charge in [-0.25, -0.2) is 13.8 Å². The van der Waals surface area contributed by atoms with Gasteiger partial charge in [0.25, 0.3) is 0 Å². The monoisotopic (exact) mass is 270 g/mol. The Morgan fingerprint density at radius 2 is 2.00 bits per heavy atom. The van der Waals surface area contributed by atoms with Crippen LogP contribution < -0.4 is 5.73 Å². The number of hydrogen-bond donors (Lipinski definition) is 1. The lowest BCUT2D eigenvalue weighted by Gasteiger charge is -2.01. The number of rotatable bonds is 1. The number of nitriles is 1. The predicted molar refractivity (Wildman–Crippen MR) is 69.7 cm³/mol. The van der Waals surface area contributed by atoms with Crippen molar-refractivity contribution in [2.24, 2.45) is 0 Å². The van der Waals surface area contributed by atoms with Gasteiger partial charge in [-0.2, -0.15) is 5.26 Å². The molecule has 0 unspecified atom stereocenters. The minimum Gasteiger partial charge on any atom is -0.383 e. The third kappa shape index (κ3) is 1.77. The molecule has 4 nitrogen and oxygen atoms in total. The number of halogens is 2. The highest BCUT2D eigenvalue weighted by molar-refractivity contribution is 5.75. The van der Waals surface area contributed by atoms with Crippen molar-refractivity contribution in [1.29, 1.82) is 5.26 Å². The molecule has 2 heterocycles. The van der Waals surface area contributed by atoms with E-state index in [1.165, 1.54) is 40.9 Å². The number of hydrogen-bond acceptors (Lipinski definition) is 3. The summed E-state index contributed by atoms with van der Waals surface area (Å²) in [4.78, 5) is 4.27. The van der Waals surface area contributed by atoms with Gasteiger partial charge in [0, 0.05) is 11.8 Å². The summed E-state index contributed by atoms with van der Waals surface area (Å²) in [6, 6.07) is 8.54. The number of imidazole rings is 1. The van der Waals surface area contributed by atoms with E-state index in [4.69, 9.17) is 11.0 Å². The predicted octanol–water partition coefficient (Wildman–Crippen LogP) is 2.73. The molecular weight excluding hydrogens is 262 g/mol. The highest BCUT2D eigenvalue weighted by Gasteiger charge is 2.13. The summed E-state index contributed by atoms with van der Waals surface area (Å²) < 4.78 is 27.9. The summed E-state index contributed by atoms with van der Waals surface area (Å²) in [6.07, 6.45) is 1.22. The zero-order valence-electron chi connectivity index (χ0n) is 10.1. The number of nitrogens with zero attached hydrogens (tertiary/aromatic N) is 3. The molecule has 0 amide bonds. The Morgan fingerprint density at radius 3 is 2.75 bits per heavy atom. The molecule has 3 aromatic rings. The molecule has 20 heavy (non-hydrogen) atoms. The molecule has 0 aliphatic rings. The summed E-state index contributed by atoms with van der Waals surface area (Å²) in [6.45, 7) is 0. The van der Waals surface area contributed by atoms with Crippen LogP contribution in [0.1, 0.15) is 5.56 Å². The minimum absolute atomic E-state index is 0.0925. The molecular formula is C14H8F2N4. The van der Waals surface area contributed by atoms with Crippen molar-refractivity contribution < 1.29 is 8.78 Å². The van der Waals surface area contributed by atoms with Crippen LogP contribution in [0.3, 0.4) is 0 Å². The second-order valence-electron chi connectivity index (χ2n) is 4.23. The van der Waals surface area contributed by atoms with E-state index in [-0.39, 0.29) is 11.4 Å². The normalized spacial score (nSPS) is 10.7. The fraction of sp³-hybridized carbons (Fsp3) is 0. The van der Waals surface area contributed by atoms with Gasteiger partial charge in [-0.15, -0.1) is 0 Å². The van der Waals surface area contributed by atoms with Crippen LogP contribution in [-0.2, 0) is 0 Å². The average Bonchev–Trinajstić information content (AvgIpc) is 2.77. The Balaban J connectivity index is 2.25. The molecule has 2 aromatic heterocycles. The number of pyridine rings is 1. The van der Waals surface area contributed by atoms with Crippen molar-refractivity contribution in [2.45, 2.75) is 0 Å². The highest BCUT2D eigenvalue weighted by atomic mass is 19.1. The lowest BCUT2D eigenvalue weighted by Crippen LogP contribution is -1.95. The number of fused-ring (bicyclic) bond motifs is 1. The summed E-state index contributed by atoms with van der Waals surface area (Å²) in [5.74, 6) is -0.815. The van der Waals surface area contributed by atoms with Crippen molar-refractivity contribution in [3.05, 3.63) is 53.7 Å². The SMILES string of the molecule is N#Cc1cc(-c2nc3ccc(F)cn3c2N)ccc1F. The number of benzene rings is 1. The Morgan fingerprint density at radius 1 is 1.20 bits per heavy atom. The second kappa shape index (κ2) is 4.31. The van der Waals surface area contributed by atoms with E-state index in [0.29, 0.717) is 16.9 Å². The van der Waals surface area contributed by atoms with Crippen LogP contribution in [-0.4, -0.2) is 9.38 Å². The smallest absolute Gasteiger partial charge is 0.140 e. The quantitative estimate of drug-likeness (QED) is 0.739. The van der Waals surface area contributed by atoms with E-state index < -0.39 is 11.6 Å². The second-order valence-corrected chi connectivity index (χ2v) is 4.23. The maximum absolute atomic E-state index is 13.3. The van der Waals surface area contributed by atoms with Gasteiger partial charge >= 0.3 is 0 Å². The summed E-state index contributed by atoms with van der Waals surface area (Å²) in [5.41, 5.74) is 7.19. The number of nitrogen functional groups attached to an aromatic ring is 1. The highest BCUT2D eigenvalue weighted by Crippen LogP contribution is 2.27. The molecule has 0 radical (unpaired) electrons. The van der Waals surface area contributed by atoms with Gasteiger partial charge in [-0.1, -0.05) is 0 Å². The van der Waals surface area contributed by atoms with E-state index in [2.05, 4.69) is 4.98 Å². The van der Waals surface area contributed by atoms with Crippen LogP contribution in [0.2, 0.25) is 0 Å². The van der Waals surface area contributed by atoms with Gasteiger partial charge in [0.1, 0.15) is 34.9 Å².